The molecule has 8 heteroatoms. The number of aromatic amines is 1. The van der Waals surface area contributed by atoms with E-state index in [4.69, 9.17) is 4.74 Å². The Bertz CT molecular complexity index is 1060. The molecule has 152 valence electrons. The van der Waals surface area contributed by atoms with Gasteiger partial charge in [-0.3, -0.25) is 4.79 Å². The Kier molecular flexibility index (Phi) is 5.12. The summed E-state index contributed by atoms with van der Waals surface area (Å²) in [6.45, 7) is 5.64. The van der Waals surface area contributed by atoms with Crippen LogP contribution >= 0.6 is 11.3 Å². The number of ketones is 1. The zero-order valence-corrected chi connectivity index (χ0v) is 17.6. The summed E-state index contributed by atoms with van der Waals surface area (Å²) in [5.74, 6) is 0.00832. The first-order valence-corrected chi connectivity index (χ1v) is 10.6. The molecule has 3 aromatic heterocycles. The van der Waals surface area contributed by atoms with Crippen molar-refractivity contribution < 1.29 is 14.3 Å². The molecule has 0 spiro atoms. The molecule has 7 nitrogen and oxygen atoms in total. The van der Waals surface area contributed by atoms with Crippen LogP contribution in [0.25, 0.3) is 21.7 Å². The van der Waals surface area contributed by atoms with Crippen molar-refractivity contribution >= 4 is 34.4 Å². The van der Waals surface area contributed by atoms with E-state index in [2.05, 4.69) is 20.3 Å². The molecule has 0 unspecified atom stereocenters. The largest absolute Gasteiger partial charge is 0.413 e. The molecule has 0 aromatic carbocycles. The van der Waals surface area contributed by atoms with E-state index >= 15 is 0 Å². The van der Waals surface area contributed by atoms with E-state index < -0.39 is 11.5 Å². The Labute approximate surface area is 172 Å². The fourth-order valence-corrected chi connectivity index (χ4v) is 4.27. The number of aromatic nitrogens is 3. The number of carbonyl (C=O) groups excluding carboxylic acids is 2. The van der Waals surface area contributed by atoms with Crippen molar-refractivity contribution in [2.45, 2.75) is 52.5 Å². The summed E-state index contributed by atoms with van der Waals surface area (Å²) in [6.07, 6.45) is 7.20. The minimum Gasteiger partial charge on any atom is -0.399 e. The first kappa shape index (κ1) is 19.6. The maximum atomic E-state index is 12.7. The maximum absolute atomic E-state index is 12.7. The number of nitrogens with zero attached hydrogens (tertiary/aromatic N) is 2. The molecule has 3 heterocycles. The number of amides is 1. The molecular weight excluding hydrogens is 388 g/mol. The SMILES string of the molecule is CC(C)(C)C(=O)c1c[nH]c2ncc(-c3ccc(OC(=O)NC4CCCC4)s3)nc12. The summed E-state index contributed by atoms with van der Waals surface area (Å²) >= 11 is 1.32. The first-order chi connectivity index (χ1) is 13.8. The van der Waals surface area contributed by atoms with Crippen molar-refractivity contribution in [2.75, 3.05) is 0 Å². The molecule has 0 radical (unpaired) electrons. The number of thiophene rings is 1. The summed E-state index contributed by atoms with van der Waals surface area (Å²) in [7, 11) is 0. The Morgan fingerprint density at radius 1 is 1.24 bits per heavy atom. The van der Waals surface area contributed by atoms with Crippen LogP contribution in [-0.2, 0) is 0 Å². The highest BCUT2D eigenvalue weighted by molar-refractivity contribution is 7.17. The molecular formula is C21H24N4O3S. The second kappa shape index (κ2) is 7.59. The summed E-state index contributed by atoms with van der Waals surface area (Å²) in [5.41, 5.74) is 1.79. The highest BCUT2D eigenvalue weighted by Crippen LogP contribution is 2.33. The quantitative estimate of drug-likeness (QED) is 0.591. The van der Waals surface area contributed by atoms with Crippen LogP contribution in [0.2, 0.25) is 0 Å². The van der Waals surface area contributed by atoms with E-state index in [1.165, 1.54) is 11.3 Å². The van der Waals surface area contributed by atoms with Crippen molar-refractivity contribution in [3.05, 3.63) is 30.1 Å². The topological polar surface area (TPSA) is 97.0 Å². The fraction of sp³-hybridized carbons (Fsp3) is 0.429. The summed E-state index contributed by atoms with van der Waals surface area (Å²) in [6, 6.07) is 3.80. The highest BCUT2D eigenvalue weighted by atomic mass is 32.1. The van der Waals surface area contributed by atoms with Crippen LogP contribution in [0.1, 0.15) is 56.8 Å². The number of carbonyl (C=O) groups is 2. The van der Waals surface area contributed by atoms with Gasteiger partial charge in [-0.1, -0.05) is 44.9 Å². The van der Waals surface area contributed by atoms with Crippen LogP contribution in [0.4, 0.5) is 4.79 Å². The van der Waals surface area contributed by atoms with E-state index in [9.17, 15) is 9.59 Å². The predicted octanol–water partition coefficient (Wildman–Crippen LogP) is 4.95. The van der Waals surface area contributed by atoms with Gasteiger partial charge in [0, 0.05) is 17.7 Å². The zero-order valence-electron chi connectivity index (χ0n) is 16.7. The van der Waals surface area contributed by atoms with Gasteiger partial charge in [0.05, 0.1) is 22.3 Å². The van der Waals surface area contributed by atoms with E-state index in [0.717, 1.165) is 30.6 Å². The minimum atomic E-state index is -0.510. The number of hydrogen-bond acceptors (Lipinski definition) is 6. The Hall–Kier alpha value is -2.74. The lowest BCUT2D eigenvalue weighted by Gasteiger charge is -2.15. The third-order valence-electron chi connectivity index (χ3n) is 5.01. The Morgan fingerprint density at radius 3 is 2.72 bits per heavy atom. The number of H-pyrrole nitrogens is 1. The van der Waals surface area contributed by atoms with Crippen LogP contribution < -0.4 is 10.1 Å². The van der Waals surface area contributed by atoms with Gasteiger partial charge in [-0.15, -0.1) is 0 Å². The second-order valence-corrected chi connectivity index (χ2v) is 9.41. The molecule has 0 aliphatic heterocycles. The molecule has 0 atom stereocenters. The molecule has 2 N–H and O–H groups in total. The lowest BCUT2D eigenvalue weighted by Crippen LogP contribution is -2.34. The lowest BCUT2D eigenvalue weighted by atomic mass is 9.87. The average molecular weight is 413 g/mol. The molecule has 29 heavy (non-hydrogen) atoms. The van der Waals surface area contributed by atoms with Gasteiger partial charge >= 0.3 is 6.09 Å². The van der Waals surface area contributed by atoms with E-state index in [0.29, 0.717) is 27.5 Å². The minimum absolute atomic E-state index is 0.00832. The first-order valence-electron chi connectivity index (χ1n) is 9.79. The predicted molar refractivity (Wildman–Crippen MR) is 112 cm³/mol. The van der Waals surface area contributed by atoms with Crippen molar-refractivity contribution in [2.24, 2.45) is 5.41 Å². The molecule has 1 aliphatic carbocycles. The number of Topliss-reactive ketones (excluding diaryl/α,β-unsaturated/α-hetero) is 1. The van der Waals surface area contributed by atoms with Gasteiger partial charge in [-0.2, -0.15) is 0 Å². The molecule has 1 fully saturated rings. The molecule has 4 rings (SSSR count). The highest BCUT2D eigenvalue weighted by Gasteiger charge is 2.26. The number of nitrogens with one attached hydrogen (secondary N) is 2. The molecule has 1 saturated carbocycles. The Balaban J connectivity index is 1.54. The van der Waals surface area contributed by atoms with Gasteiger partial charge in [0.1, 0.15) is 5.52 Å². The second-order valence-electron chi connectivity index (χ2n) is 8.37. The molecule has 0 bridgehead atoms. The zero-order chi connectivity index (χ0) is 20.6. The van der Waals surface area contributed by atoms with Crippen LogP contribution in [-0.4, -0.2) is 32.9 Å². The maximum Gasteiger partial charge on any atom is 0.413 e. The number of rotatable bonds is 4. The molecule has 1 amide bonds. The van der Waals surface area contributed by atoms with Gasteiger partial charge in [-0.05, 0) is 25.0 Å². The van der Waals surface area contributed by atoms with E-state index in [-0.39, 0.29) is 11.8 Å². The van der Waals surface area contributed by atoms with Crippen molar-refractivity contribution in [1.29, 1.82) is 0 Å². The summed E-state index contributed by atoms with van der Waals surface area (Å²) in [4.78, 5) is 37.7. The van der Waals surface area contributed by atoms with Gasteiger partial charge in [0.25, 0.3) is 0 Å². The fourth-order valence-electron chi connectivity index (χ4n) is 3.46. The lowest BCUT2D eigenvalue weighted by molar-refractivity contribution is 0.0860. The summed E-state index contributed by atoms with van der Waals surface area (Å²) in [5, 5.41) is 3.40. The third-order valence-corrected chi connectivity index (χ3v) is 6.00. The van der Waals surface area contributed by atoms with Crippen molar-refractivity contribution in [1.82, 2.24) is 20.3 Å². The number of hydrogen-bond donors (Lipinski definition) is 2. The van der Waals surface area contributed by atoms with Crippen LogP contribution in [0.5, 0.6) is 5.06 Å². The smallest absolute Gasteiger partial charge is 0.399 e. The number of ether oxygens (including phenoxy) is 1. The van der Waals surface area contributed by atoms with E-state index in [1.807, 2.05) is 26.8 Å². The Morgan fingerprint density at radius 2 is 2.00 bits per heavy atom. The van der Waals surface area contributed by atoms with Crippen LogP contribution in [0.3, 0.4) is 0 Å². The van der Waals surface area contributed by atoms with E-state index in [1.54, 1.807) is 18.5 Å². The average Bonchev–Trinajstić information content (AvgIpc) is 3.40. The molecule has 3 aromatic rings. The molecule has 1 aliphatic rings. The van der Waals surface area contributed by atoms with Gasteiger partial charge in [-0.25, -0.2) is 14.8 Å². The normalized spacial score (nSPS) is 15.0. The van der Waals surface area contributed by atoms with Gasteiger partial charge < -0.3 is 15.0 Å². The van der Waals surface area contributed by atoms with Crippen molar-refractivity contribution in [3.8, 4) is 15.6 Å². The third kappa shape index (κ3) is 4.17. The molecule has 0 saturated heterocycles. The van der Waals surface area contributed by atoms with Crippen molar-refractivity contribution in [3.63, 3.8) is 0 Å². The van der Waals surface area contributed by atoms with Crippen LogP contribution in [0.15, 0.2) is 24.5 Å². The standard InChI is InChI=1S/C21H24N4O3S/c1-21(2,3)18(26)13-10-22-19-17(13)25-14(11-23-19)15-8-9-16(29-15)28-20(27)24-12-6-4-5-7-12/h8-12H,4-7H2,1-3H3,(H,22,23)(H,24,27). The summed E-state index contributed by atoms with van der Waals surface area (Å²) < 4.78 is 5.42. The van der Waals surface area contributed by atoms with Gasteiger partial charge in [0.15, 0.2) is 16.5 Å². The monoisotopic (exact) mass is 412 g/mol. The van der Waals surface area contributed by atoms with Crippen LogP contribution in [0, 0.1) is 5.41 Å². The number of fused-ring (bicyclic) bond motifs is 1. The van der Waals surface area contributed by atoms with Gasteiger partial charge in [0.2, 0.25) is 0 Å².